The fraction of sp³-hybridized carbons (Fsp3) is 0.458. The van der Waals surface area contributed by atoms with Gasteiger partial charge in [0.05, 0.1) is 5.56 Å². The molecule has 4 rings (SSSR count). The lowest BCUT2D eigenvalue weighted by molar-refractivity contribution is -0.161. The minimum atomic E-state index is -0.791. The van der Waals surface area contributed by atoms with E-state index in [1.54, 1.807) is 24.3 Å². The number of benzene rings is 1. The van der Waals surface area contributed by atoms with Crippen LogP contribution in [0, 0.1) is 11.8 Å². The third-order valence-corrected chi connectivity index (χ3v) is 7.03. The maximum atomic E-state index is 12.7. The van der Waals surface area contributed by atoms with E-state index in [2.05, 4.69) is 6.58 Å². The van der Waals surface area contributed by atoms with Gasteiger partial charge in [-0.2, -0.15) is 0 Å². The summed E-state index contributed by atoms with van der Waals surface area (Å²) in [6.07, 6.45) is 0.660. The number of esters is 3. The van der Waals surface area contributed by atoms with Crippen LogP contribution in [0.15, 0.2) is 47.6 Å². The van der Waals surface area contributed by atoms with Crippen molar-refractivity contribution < 1.29 is 28.6 Å². The van der Waals surface area contributed by atoms with Gasteiger partial charge in [0.1, 0.15) is 17.8 Å². The van der Waals surface area contributed by atoms with E-state index in [-0.39, 0.29) is 17.8 Å². The zero-order chi connectivity index (χ0) is 22.5. The zero-order valence-electron chi connectivity index (χ0n) is 17.8. The summed E-state index contributed by atoms with van der Waals surface area (Å²) >= 11 is 5.91. The van der Waals surface area contributed by atoms with Gasteiger partial charge in [0, 0.05) is 29.4 Å². The molecule has 1 saturated carbocycles. The van der Waals surface area contributed by atoms with E-state index in [0.717, 1.165) is 11.1 Å². The fourth-order valence-electron chi connectivity index (χ4n) is 5.18. The van der Waals surface area contributed by atoms with Crippen LogP contribution in [0.1, 0.15) is 50.4 Å². The van der Waals surface area contributed by atoms with Crippen molar-refractivity contribution >= 4 is 29.5 Å². The molecule has 1 saturated heterocycles. The Kier molecular flexibility index (Phi) is 5.46. The molecule has 1 aromatic rings. The number of fused-ring (bicyclic) bond motifs is 3. The highest BCUT2D eigenvalue weighted by Crippen LogP contribution is 2.53. The monoisotopic (exact) mass is 444 g/mol. The van der Waals surface area contributed by atoms with Crippen LogP contribution in [0.3, 0.4) is 0 Å². The Morgan fingerprint density at radius 1 is 1.26 bits per heavy atom. The Labute approximate surface area is 186 Å². The molecule has 7 heteroatoms. The van der Waals surface area contributed by atoms with Gasteiger partial charge in [0.2, 0.25) is 0 Å². The summed E-state index contributed by atoms with van der Waals surface area (Å²) < 4.78 is 17.3. The van der Waals surface area contributed by atoms with Crippen molar-refractivity contribution in [2.75, 3.05) is 0 Å². The molecule has 0 aromatic heterocycles. The highest BCUT2D eigenvalue weighted by atomic mass is 35.5. The Morgan fingerprint density at radius 2 is 1.94 bits per heavy atom. The van der Waals surface area contributed by atoms with Gasteiger partial charge in [-0.05, 0) is 68.5 Å². The van der Waals surface area contributed by atoms with Crippen LogP contribution in [-0.2, 0) is 23.8 Å². The average Bonchev–Trinajstić information content (AvgIpc) is 3.13. The maximum Gasteiger partial charge on any atom is 0.338 e. The Hall–Kier alpha value is -2.60. The van der Waals surface area contributed by atoms with E-state index < -0.39 is 29.7 Å². The van der Waals surface area contributed by atoms with E-state index >= 15 is 0 Å². The molecule has 31 heavy (non-hydrogen) atoms. The number of rotatable bonds is 3. The van der Waals surface area contributed by atoms with Crippen LogP contribution in [0.5, 0.6) is 0 Å². The maximum absolute atomic E-state index is 12.7. The van der Waals surface area contributed by atoms with Crippen LogP contribution < -0.4 is 0 Å². The van der Waals surface area contributed by atoms with Crippen LogP contribution in [-0.4, -0.2) is 35.7 Å². The summed E-state index contributed by atoms with van der Waals surface area (Å²) in [5.74, 6) is -1.64. The molecule has 2 aliphatic carbocycles. The average molecular weight is 445 g/mol. The molecule has 0 amide bonds. The van der Waals surface area contributed by atoms with Gasteiger partial charge in [0.15, 0.2) is 0 Å². The van der Waals surface area contributed by atoms with Gasteiger partial charge < -0.3 is 14.2 Å². The van der Waals surface area contributed by atoms with E-state index in [1.165, 1.54) is 6.92 Å². The minimum Gasteiger partial charge on any atom is -0.459 e. The summed E-state index contributed by atoms with van der Waals surface area (Å²) in [6.45, 7) is 9.10. The predicted molar refractivity (Wildman–Crippen MR) is 113 cm³/mol. The third kappa shape index (κ3) is 3.78. The predicted octanol–water partition coefficient (Wildman–Crippen LogP) is 4.42. The number of carbonyl (C=O) groups is 3. The van der Waals surface area contributed by atoms with Crippen LogP contribution in [0.25, 0.3) is 0 Å². The van der Waals surface area contributed by atoms with E-state index in [9.17, 15) is 14.4 Å². The van der Waals surface area contributed by atoms with Gasteiger partial charge >= 0.3 is 17.9 Å². The molecule has 2 fully saturated rings. The second-order valence-electron chi connectivity index (χ2n) is 8.73. The molecular weight excluding hydrogens is 420 g/mol. The molecule has 0 bridgehead atoms. The smallest absolute Gasteiger partial charge is 0.338 e. The first-order valence-corrected chi connectivity index (χ1v) is 10.7. The van der Waals surface area contributed by atoms with Crippen molar-refractivity contribution in [2.24, 2.45) is 11.8 Å². The van der Waals surface area contributed by atoms with Gasteiger partial charge in [-0.3, -0.25) is 4.79 Å². The fourth-order valence-corrected chi connectivity index (χ4v) is 5.31. The molecule has 1 unspecified atom stereocenters. The van der Waals surface area contributed by atoms with Crippen molar-refractivity contribution in [3.63, 3.8) is 0 Å². The van der Waals surface area contributed by atoms with Gasteiger partial charge in [-0.1, -0.05) is 18.2 Å². The molecular formula is C24H25ClO6. The lowest BCUT2D eigenvalue weighted by atomic mass is 9.81. The molecule has 6 nitrogen and oxygen atoms in total. The minimum absolute atomic E-state index is 0.178. The second-order valence-corrected chi connectivity index (χ2v) is 9.17. The lowest BCUT2D eigenvalue weighted by Gasteiger charge is -2.35. The van der Waals surface area contributed by atoms with Gasteiger partial charge in [0.25, 0.3) is 0 Å². The highest BCUT2D eigenvalue weighted by Gasteiger charge is 2.56. The third-order valence-electron chi connectivity index (χ3n) is 6.77. The summed E-state index contributed by atoms with van der Waals surface area (Å²) in [4.78, 5) is 36.9. The molecule has 1 heterocycles. The van der Waals surface area contributed by atoms with Gasteiger partial charge in [-0.25, -0.2) is 9.59 Å². The van der Waals surface area contributed by atoms with E-state index in [4.69, 9.17) is 25.8 Å². The van der Waals surface area contributed by atoms with Gasteiger partial charge in [-0.15, -0.1) is 0 Å². The zero-order valence-corrected chi connectivity index (χ0v) is 18.5. The highest BCUT2D eigenvalue weighted by molar-refractivity contribution is 6.30. The summed E-state index contributed by atoms with van der Waals surface area (Å²) in [7, 11) is 0. The summed E-state index contributed by atoms with van der Waals surface area (Å²) in [6, 6.07) is 6.49. The van der Waals surface area contributed by atoms with Crippen LogP contribution in [0.4, 0.5) is 0 Å². The molecule has 0 spiro atoms. The summed E-state index contributed by atoms with van der Waals surface area (Å²) in [5, 5.41) is 0.532. The normalized spacial score (nSPS) is 32.1. The Morgan fingerprint density at radius 3 is 2.58 bits per heavy atom. The molecule has 1 aliphatic heterocycles. The molecule has 0 N–H and O–H groups in total. The standard InChI is InChI=1S/C24H25ClO6/c1-12-17-9-10-24(4,31-14(3)26)18-11-19(13(2)20(18)21(17)30-22(12)27)29-23(28)15-5-7-16(25)8-6-15/h5-8,17-19,21H,1,9-11H2,2-4H3/t17-,18?,19-,21-,24+/m0/s1. The summed E-state index contributed by atoms with van der Waals surface area (Å²) in [5.41, 5.74) is 1.77. The first-order valence-electron chi connectivity index (χ1n) is 10.4. The number of hydrogen-bond acceptors (Lipinski definition) is 6. The number of halogens is 1. The Balaban J connectivity index is 1.68. The lowest BCUT2D eigenvalue weighted by Crippen LogP contribution is -2.40. The largest absolute Gasteiger partial charge is 0.459 e. The first-order chi connectivity index (χ1) is 14.6. The topological polar surface area (TPSA) is 78.9 Å². The van der Waals surface area contributed by atoms with Crippen LogP contribution >= 0.6 is 11.6 Å². The van der Waals surface area contributed by atoms with Crippen molar-refractivity contribution in [1.29, 1.82) is 0 Å². The van der Waals surface area contributed by atoms with E-state index in [1.807, 2.05) is 13.8 Å². The van der Waals surface area contributed by atoms with Crippen molar-refractivity contribution in [2.45, 2.75) is 57.8 Å². The van der Waals surface area contributed by atoms with Crippen LogP contribution in [0.2, 0.25) is 5.02 Å². The quantitative estimate of drug-likeness (QED) is 0.297. The second kappa shape index (κ2) is 7.83. The van der Waals surface area contributed by atoms with Crippen molar-refractivity contribution in [1.82, 2.24) is 0 Å². The molecule has 5 atom stereocenters. The van der Waals surface area contributed by atoms with E-state index in [0.29, 0.717) is 35.4 Å². The SMILES string of the molecule is C=C1C(=O)O[C@@H]2C3=C(C)[C@@H](OC(=O)c4ccc(Cl)cc4)CC3[C@](C)(OC(C)=O)CC[C@@H]12. The number of hydrogen-bond donors (Lipinski definition) is 0. The Bertz CT molecular complexity index is 994. The van der Waals surface area contributed by atoms with Crippen molar-refractivity contribution in [3.8, 4) is 0 Å². The first kappa shape index (κ1) is 21.6. The number of ether oxygens (including phenoxy) is 3. The molecule has 3 aliphatic rings. The molecule has 1 aromatic carbocycles. The molecule has 0 radical (unpaired) electrons. The number of carbonyl (C=O) groups excluding carboxylic acids is 3. The molecule has 164 valence electrons. The van der Waals surface area contributed by atoms with Crippen molar-refractivity contribution in [3.05, 3.63) is 58.1 Å².